The SMILES string of the molecule is CCC(O)C(=O)O.CCCCC(=O)O. The normalized spacial score (nSPS) is 11.1. The van der Waals surface area contributed by atoms with Gasteiger partial charge in [0.15, 0.2) is 6.10 Å². The van der Waals surface area contributed by atoms with Crippen LogP contribution in [0.5, 0.6) is 0 Å². The van der Waals surface area contributed by atoms with E-state index in [0.717, 1.165) is 12.8 Å². The lowest BCUT2D eigenvalue weighted by Gasteiger charge is -1.95. The highest BCUT2D eigenvalue weighted by Crippen LogP contribution is 1.91. The van der Waals surface area contributed by atoms with E-state index in [1.165, 1.54) is 0 Å². The maximum atomic E-state index is 9.76. The van der Waals surface area contributed by atoms with Crippen molar-refractivity contribution in [2.75, 3.05) is 0 Å². The Kier molecular flexibility index (Phi) is 11.0. The van der Waals surface area contributed by atoms with Gasteiger partial charge in [-0.25, -0.2) is 4.79 Å². The molecule has 0 aromatic carbocycles. The first-order valence-electron chi connectivity index (χ1n) is 4.58. The largest absolute Gasteiger partial charge is 0.481 e. The Morgan fingerprint density at radius 3 is 1.79 bits per heavy atom. The minimum Gasteiger partial charge on any atom is -0.481 e. The Hall–Kier alpha value is -1.10. The molecule has 14 heavy (non-hydrogen) atoms. The van der Waals surface area contributed by atoms with E-state index in [-0.39, 0.29) is 6.42 Å². The van der Waals surface area contributed by atoms with Gasteiger partial charge in [-0.2, -0.15) is 0 Å². The highest BCUT2D eigenvalue weighted by molar-refractivity contribution is 5.71. The van der Waals surface area contributed by atoms with Gasteiger partial charge in [0.1, 0.15) is 0 Å². The molecule has 84 valence electrons. The lowest BCUT2D eigenvalue weighted by molar-refractivity contribution is -0.146. The van der Waals surface area contributed by atoms with Gasteiger partial charge >= 0.3 is 11.9 Å². The van der Waals surface area contributed by atoms with Crippen molar-refractivity contribution in [2.45, 2.75) is 45.6 Å². The molecular formula is C9H18O5. The molecule has 0 saturated heterocycles. The summed E-state index contributed by atoms with van der Waals surface area (Å²) in [4.78, 5) is 19.4. The molecule has 0 aromatic rings. The number of aliphatic carboxylic acids is 2. The first-order chi connectivity index (χ1) is 6.45. The van der Waals surface area contributed by atoms with Crippen molar-refractivity contribution >= 4 is 11.9 Å². The van der Waals surface area contributed by atoms with Gasteiger partial charge in [0.05, 0.1) is 0 Å². The Labute approximate surface area is 83.4 Å². The van der Waals surface area contributed by atoms with Crippen LogP contribution in [0.2, 0.25) is 0 Å². The van der Waals surface area contributed by atoms with Crippen LogP contribution in [-0.4, -0.2) is 33.4 Å². The number of carboxylic acid groups (broad SMARTS) is 2. The first kappa shape index (κ1) is 15.4. The molecule has 0 aliphatic heterocycles. The number of aliphatic hydroxyl groups is 1. The van der Waals surface area contributed by atoms with Gasteiger partial charge in [0, 0.05) is 6.42 Å². The number of unbranched alkanes of at least 4 members (excludes halogenated alkanes) is 1. The number of carboxylic acids is 2. The van der Waals surface area contributed by atoms with Crippen LogP contribution in [0.4, 0.5) is 0 Å². The van der Waals surface area contributed by atoms with E-state index in [4.69, 9.17) is 15.3 Å². The van der Waals surface area contributed by atoms with Crippen LogP contribution in [0, 0.1) is 0 Å². The molecule has 0 aromatic heterocycles. The standard InChI is InChI=1S/C5H10O2.C4H8O3/c1-2-3-4-5(6)7;1-2-3(5)4(6)7/h2-4H2,1H3,(H,6,7);3,5H,2H2,1H3,(H,6,7). The van der Waals surface area contributed by atoms with Crippen molar-refractivity contribution in [2.24, 2.45) is 0 Å². The number of rotatable bonds is 5. The molecule has 0 bridgehead atoms. The van der Waals surface area contributed by atoms with E-state index in [1.807, 2.05) is 6.92 Å². The molecule has 0 spiro atoms. The average molecular weight is 206 g/mol. The number of aliphatic hydroxyl groups excluding tert-OH is 1. The molecule has 5 nitrogen and oxygen atoms in total. The van der Waals surface area contributed by atoms with Crippen molar-refractivity contribution in [3.63, 3.8) is 0 Å². The lowest BCUT2D eigenvalue weighted by Crippen LogP contribution is -2.17. The predicted octanol–water partition coefficient (Wildman–Crippen LogP) is 1.10. The zero-order valence-corrected chi connectivity index (χ0v) is 8.56. The quantitative estimate of drug-likeness (QED) is 0.626. The number of carbonyl (C=O) groups is 2. The van der Waals surface area contributed by atoms with E-state index in [0.29, 0.717) is 6.42 Å². The molecule has 3 N–H and O–H groups in total. The average Bonchev–Trinajstić information content (AvgIpc) is 2.14. The zero-order valence-electron chi connectivity index (χ0n) is 8.56. The van der Waals surface area contributed by atoms with Crippen molar-refractivity contribution in [1.29, 1.82) is 0 Å². The summed E-state index contributed by atoms with van der Waals surface area (Å²) in [6.45, 7) is 3.59. The molecule has 0 saturated carbocycles. The Balaban J connectivity index is 0. The Bertz CT molecular complexity index is 167. The summed E-state index contributed by atoms with van der Waals surface area (Å²) < 4.78 is 0. The summed E-state index contributed by atoms with van der Waals surface area (Å²) in [7, 11) is 0. The third-order valence-electron chi connectivity index (χ3n) is 1.42. The molecule has 0 fully saturated rings. The summed E-state index contributed by atoms with van der Waals surface area (Å²) in [6, 6.07) is 0. The highest BCUT2D eigenvalue weighted by atomic mass is 16.4. The van der Waals surface area contributed by atoms with Gasteiger partial charge in [-0.1, -0.05) is 20.3 Å². The van der Waals surface area contributed by atoms with Crippen LogP contribution in [0.3, 0.4) is 0 Å². The van der Waals surface area contributed by atoms with E-state index in [2.05, 4.69) is 0 Å². The van der Waals surface area contributed by atoms with Crippen molar-refractivity contribution < 1.29 is 24.9 Å². The summed E-state index contributed by atoms with van der Waals surface area (Å²) in [5, 5.41) is 24.3. The van der Waals surface area contributed by atoms with Crippen LogP contribution >= 0.6 is 0 Å². The molecule has 0 aliphatic carbocycles. The van der Waals surface area contributed by atoms with Gasteiger partial charge < -0.3 is 15.3 Å². The van der Waals surface area contributed by atoms with E-state index < -0.39 is 18.0 Å². The minimum absolute atomic E-state index is 0.273. The van der Waals surface area contributed by atoms with Gasteiger partial charge in [-0.15, -0.1) is 0 Å². The molecule has 0 heterocycles. The van der Waals surface area contributed by atoms with Gasteiger partial charge in [-0.05, 0) is 12.8 Å². The first-order valence-corrected chi connectivity index (χ1v) is 4.58. The zero-order chi connectivity index (χ0) is 11.6. The highest BCUT2D eigenvalue weighted by Gasteiger charge is 2.07. The van der Waals surface area contributed by atoms with Crippen molar-refractivity contribution in [3.8, 4) is 0 Å². The second-order valence-electron chi connectivity index (χ2n) is 2.76. The smallest absolute Gasteiger partial charge is 0.332 e. The molecular weight excluding hydrogens is 188 g/mol. The number of hydrogen-bond acceptors (Lipinski definition) is 3. The Morgan fingerprint density at radius 1 is 1.21 bits per heavy atom. The molecule has 1 unspecified atom stereocenters. The maximum Gasteiger partial charge on any atom is 0.332 e. The molecule has 5 heteroatoms. The third-order valence-corrected chi connectivity index (χ3v) is 1.42. The lowest BCUT2D eigenvalue weighted by atomic mass is 10.3. The maximum absolute atomic E-state index is 9.76. The fourth-order valence-electron chi connectivity index (χ4n) is 0.503. The molecule has 0 rings (SSSR count). The van der Waals surface area contributed by atoms with Crippen LogP contribution in [0.15, 0.2) is 0 Å². The fourth-order valence-corrected chi connectivity index (χ4v) is 0.503. The van der Waals surface area contributed by atoms with Gasteiger partial charge in [0.25, 0.3) is 0 Å². The second kappa shape index (κ2) is 9.98. The molecule has 1 atom stereocenters. The van der Waals surface area contributed by atoms with Crippen molar-refractivity contribution in [3.05, 3.63) is 0 Å². The number of hydrogen-bond donors (Lipinski definition) is 3. The van der Waals surface area contributed by atoms with Gasteiger partial charge in [0.2, 0.25) is 0 Å². The van der Waals surface area contributed by atoms with E-state index in [1.54, 1.807) is 6.92 Å². The van der Waals surface area contributed by atoms with E-state index >= 15 is 0 Å². The fraction of sp³-hybridized carbons (Fsp3) is 0.778. The Morgan fingerprint density at radius 2 is 1.71 bits per heavy atom. The van der Waals surface area contributed by atoms with Crippen LogP contribution in [0.25, 0.3) is 0 Å². The van der Waals surface area contributed by atoms with Gasteiger partial charge in [-0.3, -0.25) is 4.79 Å². The van der Waals surface area contributed by atoms with Crippen LogP contribution in [0.1, 0.15) is 39.5 Å². The monoisotopic (exact) mass is 206 g/mol. The van der Waals surface area contributed by atoms with Crippen LogP contribution in [-0.2, 0) is 9.59 Å². The molecule has 0 radical (unpaired) electrons. The third kappa shape index (κ3) is 13.5. The topological polar surface area (TPSA) is 94.8 Å². The molecule has 0 amide bonds. The molecule has 0 aliphatic rings. The summed E-state index contributed by atoms with van der Waals surface area (Å²) in [6.07, 6.45) is 1.17. The second-order valence-corrected chi connectivity index (χ2v) is 2.76. The van der Waals surface area contributed by atoms with E-state index in [9.17, 15) is 9.59 Å². The predicted molar refractivity (Wildman–Crippen MR) is 51.1 cm³/mol. The summed E-state index contributed by atoms with van der Waals surface area (Å²) in [5.41, 5.74) is 0. The van der Waals surface area contributed by atoms with Crippen molar-refractivity contribution in [1.82, 2.24) is 0 Å². The minimum atomic E-state index is -1.18. The summed E-state index contributed by atoms with van der Waals surface area (Å²) in [5.74, 6) is -1.84. The van der Waals surface area contributed by atoms with Crippen LogP contribution < -0.4 is 0 Å². The summed E-state index contributed by atoms with van der Waals surface area (Å²) >= 11 is 0.